The maximum atomic E-state index is 12.8. The van der Waals surface area contributed by atoms with Gasteiger partial charge in [-0.2, -0.15) is 0 Å². The van der Waals surface area contributed by atoms with Crippen LogP contribution in [0.4, 0.5) is 0 Å². The average molecular weight is 291 g/mol. The van der Waals surface area contributed by atoms with E-state index in [-0.39, 0.29) is 4.77 Å². The Balaban J connectivity index is 2.38. The highest BCUT2D eigenvalue weighted by Crippen LogP contribution is 2.64. The molecular weight excluding hydrogens is 278 g/mol. The number of hydrogen-bond donors (Lipinski definition) is 0. The van der Waals surface area contributed by atoms with Crippen LogP contribution in [0.25, 0.3) is 5.03 Å². The van der Waals surface area contributed by atoms with Gasteiger partial charge in [0.15, 0.2) is 0 Å². The predicted octanol–water partition coefficient (Wildman–Crippen LogP) is 4.52. The third kappa shape index (κ3) is 2.20. The second kappa shape index (κ2) is 5.16. The monoisotopic (exact) mass is 290 g/mol. The topological polar surface area (TPSA) is 26.3 Å². The number of benzene rings is 1. The van der Waals surface area contributed by atoms with Crippen molar-refractivity contribution in [1.82, 2.24) is 0 Å². The highest BCUT2D eigenvalue weighted by atomic mass is 35.5. The summed E-state index contributed by atoms with van der Waals surface area (Å²) in [5.41, 5.74) is 0.721. The quantitative estimate of drug-likeness (QED) is 0.602. The van der Waals surface area contributed by atoms with Crippen molar-refractivity contribution in [1.29, 1.82) is 0 Å². The van der Waals surface area contributed by atoms with Gasteiger partial charge >= 0.3 is 0 Å². The molecule has 0 fully saturated rings. The van der Waals surface area contributed by atoms with Gasteiger partial charge in [0.25, 0.3) is 7.37 Å². The Morgan fingerprint density at radius 1 is 1.29 bits per heavy atom. The molecule has 1 atom stereocenters. The molecule has 1 aromatic rings. The molecule has 0 saturated heterocycles. The molecule has 1 heterocycles. The van der Waals surface area contributed by atoms with Crippen LogP contribution in [0.3, 0.4) is 0 Å². The molecule has 2 nitrogen and oxygen atoms in total. The van der Waals surface area contributed by atoms with E-state index in [9.17, 15) is 4.57 Å². The first-order chi connectivity index (χ1) is 8.11. The molecule has 0 saturated carbocycles. The van der Waals surface area contributed by atoms with Gasteiger partial charge in [0, 0.05) is 5.56 Å². The molecule has 17 heavy (non-hydrogen) atoms. The van der Waals surface area contributed by atoms with Crippen molar-refractivity contribution in [2.45, 2.75) is 19.8 Å². The SMILES string of the molecule is CCCCOP1(=O)C(Cl)=C(Cl)c2ccccc21. The summed E-state index contributed by atoms with van der Waals surface area (Å²) in [5.74, 6) is 0. The predicted molar refractivity (Wildman–Crippen MR) is 73.2 cm³/mol. The van der Waals surface area contributed by atoms with Crippen molar-refractivity contribution < 1.29 is 9.09 Å². The van der Waals surface area contributed by atoms with Crippen LogP contribution in [0.15, 0.2) is 29.0 Å². The molecule has 1 aliphatic rings. The van der Waals surface area contributed by atoms with Crippen molar-refractivity contribution in [3.8, 4) is 0 Å². The van der Waals surface area contributed by atoms with Gasteiger partial charge in [-0.1, -0.05) is 54.7 Å². The van der Waals surface area contributed by atoms with Crippen LogP contribution >= 0.6 is 30.6 Å². The van der Waals surface area contributed by atoms with Crippen molar-refractivity contribution in [3.05, 3.63) is 34.6 Å². The standard InChI is InChI=1S/C12H13Cl2O2P/c1-2-3-8-16-17(15)10-7-5-4-6-9(10)11(13)12(17)14/h4-7H,2-3,8H2,1H3. The van der Waals surface area contributed by atoms with E-state index in [1.54, 1.807) is 6.07 Å². The summed E-state index contributed by atoms with van der Waals surface area (Å²) in [7, 11) is -3.12. The molecule has 0 amide bonds. The Hall–Kier alpha value is -0.270. The third-order valence-corrected chi connectivity index (χ3v) is 6.46. The van der Waals surface area contributed by atoms with Gasteiger partial charge in [-0.05, 0) is 12.5 Å². The minimum Gasteiger partial charge on any atom is -0.321 e. The number of hydrogen-bond acceptors (Lipinski definition) is 2. The molecule has 0 spiro atoms. The number of unbranched alkanes of at least 4 members (excludes halogenated alkanes) is 1. The summed E-state index contributed by atoms with van der Waals surface area (Å²) in [5, 5.41) is 0.966. The molecule has 92 valence electrons. The minimum absolute atomic E-state index is 0.150. The Morgan fingerprint density at radius 2 is 2.00 bits per heavy atom. The highest BCUT2D eigenvalue weighted by Gasteiger charge is 2.40. The molecule has 0 aliphatic carbocycles. The van der Waals surface area contributed by atoms with E-state index in [2.05, 4.69) is 0 Å². The molecule has 0 bridgehead atoms. The van der Waals surface area contributed by atoms with E-state index >= 15 is 0 Å². The van der Waals surface area contributed by atoms with Crippen LogP contribution in [-0.4, -0.2) is 6.61 Å². The molecule has 0 N–H and O–H groups in total. The highest BCUT2D eigenvalue weighted by molar-refractivity contribution is 7.74. The summed E-state index contributed by atoms with van der Waals surface area (Å²) >= 11 is 12.2. The van der Waals surface area contributed by atoms with E-state index in [4.69, 9.17) is 27.7 Å². The zero-order valence-electron chi connectivity index (χ0n) is 9.45. The summed E-state index contributed by atoms with van der Waals surface area (Å²) in [6, 6.07) is 7.23. The second-order valence-corrected chi connectivity index (χ2v) is 7.17. The van der Waals surface area contributed by atoms with Crippen molar-refractivity contribution >= 4 is 40.9 Å². The maximum Gasteiger partial charge on any atom is 0.274 e. The zero-order chi connectivity index (χ0) is 12.5. The van der Waals surface area contributed by atoms with E-state index in [0.717, 1.165) is 18.4 Å². The molecule has 0 radical (unpaired) electrons. The second-order valence-electron chi connectivity index (χ2n) is 3.86. The number of rotatable bonds is 4. The van der Waals surface area contributed by atoms with Crippen LogP contribution in [0.5, 0.6) is 0 Å². The van der Waals surface area contributed by atoms with Crippen molar-refractivity contribution in [3.63, 3.8) is 0 Å². The lowest BCUT2D eigenvalue weighted by Gasteiger charge is -2.14. The number of halogens is 2. The lowest BCUT2D eigenvalue weighted by atomic mass is 10.2. The molecule has 2 rings (SSSR count). The Kier molecular flexibility index (Phi) is 3.99. The largest absolute Gasteiger partial charge is 0.321 e. The van der Waals surface area contributed by atoms with Crippen LogP contribution in [0.2, 0.25) is 0 Å². The third-order valence-electron chi connectivity index (χ3n) is 2.67. The fourth-order valence-electron chi connectivity index (χ4n) is 1.73. The van der Waals surface area contributed by atoms with Crippen LogP contribution in [0.1, 0.15) is 25.3 Å². The van der Waals surface area contributed by atoms with Crippen LogP contribution in [0, 0.1) is 0 Å². The lowest BCUT2D eigenvalue weighted by Crippen LogP contribution is -2.07. The fourth-order valence-corrected chi connectivity index (χ4v) is 4.83. The zero-order valence-corrected chi connectivity index (χ0v) is 11.9. The normalized spacial score (nSPS) is 23.0. The molecule has 1 unspecified atom stereocenters. The van der Waals surface area contributed by atoms with E-state index < -0.39 is 7.37 Å². The summed E-state index contributed by atoms with van der Waals surface area (Å²) in [6.07, 6.45) is 1.84. The molecule has 5 heteroatoms. The van der Waals surface area contributed by atoms with E-state index in [1.165, 1.54) is 0 Å². The first-order valence-corrected chi connectivity index (χ1v) is 7.89. The van der Waals surface area contributed by atoms with Gasteiger partial charge in [-0.25, -0.2) is 0 Å². The Bertz CT molecular complexity index is 511. The van der Waals surface area contributed by atoms with Gasteiger partial charge in [0.05, 0.1) is 16.9 Å². The number of fused-ring (bicyclic) bond motifs is 1. The Morgan fingerprint density at radius 3 is 2.71 bits per heavy atom. The van der Waals surface area contributed by atoms with Gasteiger partial charge in [0.1, 0.15) is 4.77 Å². The maximum absolute atomic E-state index is 12.8. The molecule has 1 aliphatic heterocycles. The van der Waals surface area contributed by atoms with E-state index in [0.29, 0.717) is 16.9 Å². The van der Waals surface area contributed by atoms with Crippen molar-refractivity contribution in [2.75, 3.05) is 6.61 Å². The average Bonchev–Trinajstić information content (AvgIpc) is 2.54. The lowest BCUT2D eigenvalue weighted by molar-refractivity contribution is 0.318. The van der Waals surface area contributed by atoms with Gasteiger partial charge in [-0.15, -0.1) is 0 Å². The minimum atomic E-state index is -3.12. The Labute approximate surface area is 111 Å². The molecular formula is C12H13Cl2O2P. The van der Waals surface area contributed by atoms with E-state index in [1.807, 2.05) is 25.1 Å². The summed E-state index contributed by atoms with van der Waals surface area (Å²) < 4.78 is 18.4. The van der Waals surface area contributed by atoms with Gasteiger partial charge in [-0.3, -0.25) is 4.57 Å². The van der Waals surface area contributed by atoms with Crippen LogP contribution in [-0.2, 0) is 9.09 Å². The molecule has 0 aromatic heterocycles. The van der Waals surface area contributed by atoms with Gasteiger partial charge in [0.2, 0.25) is 0 Å². The first kappa shape index (κ1) is 13.2. The van der Waals surface area contributed by atoms with Crippen LogP contribution < -0.4 is 5.30 Å². The smallest absolute Gasteiger partial charge is 0.274 e. The fraction of sp³-hybridized carbons (Fsp3) is 0.333. The van der Waals surface area contributed by atoms with Crippen molar-refractivity contribution in [2.24, 2.45) is 0 Å². The molecule has 1 aromatic carbocycles. The van der Waals surface area contributed by atoms with Gasteiger partial charge < -0.3 is 4.52 Å². The first-order valence-electron chi connectivity index (χ1n) is 5.51. The summed E-state index contributed by atoms with van der Waals surface area (Å²) in [6.45, 7) is 2.48. The summed E-state index contributed by atoms with van der Waals surface area (Å²) in [4.78, 5) is 0.